The summed E-state index contributed by atoms with van der Waals surface area (Å²) in [6.07, 6.45) is 0. The molecule has 0 unspecified atom stereocenters. The number of rotatable bonds is 4. The first-order valence-electron chi connectivity index (χ1n) is 4.58. The molecule has 0 fully saturated rings. The van der Waals surface area contributed by atoms with Crippen LogP contribution in [0.15, 0.2) is 24.3 Å². The lowest BCUT2D eigenvalue weighted by molar-refractivity contribution is 0.339. The van der Waals surface area contributed by atoms with Crippen LogP contribution in [0.5, 0.6) is 5.75 Å². The molecule has 0 atom stereocenters. The monoisotopic (exact) mass is 196 g/mol. The summed E-state index contributed by atoms with van der Waals surface area (Å²) in [4.78, 5) is 0. The van der Waals surface area contributed by atoms with E-state index in [0.717, 1.165) is 11.5 Å². The third kappa shape index (κ3) is 2.96. The topological polar surface area (TPSA) is 9.23 Å². The minimum absolute atomic E-state index is 0.510. The van der Waals surface area contributed by atoms with Crippen molar-refractivity contribution in [3.63, 3.8) is 0 Å². The van der Waals surface area contributed by atoms with Gasteiger partial charge in [0.25, 0.3) is 0 Å². The van der Waals surface area contributed by atoms with Crippen molar-refractivity contribution in [3.05, 3.63) is 29.8 Å². The first kappa shape index (κ1) is 10.5. The summed E-state index contributed by atoms with van der Waals surface area (Å²) in [5, 5.41) is 0. The summed E-state index contributed by atoms with van der Waals surface area (Å²) in [5.41, 5.74) is 1.27. The summed E-state index contributed by atoms with van der Waals surface area (Å²) in [6.45, 7) is 5.01. The summed E-state index contributed by atoms with van der Waals surface area (Å²) in [5.74, 6) is 2.26. The normalized spacial score (nSPS) is 10.5. The van der Waals surface area contributed by atoms with Gasteiger partial charge in [0.1, 0.15) is 5.75 Å². The van der Waals surface area contributed by atoms with Gasteiger partial charge in [0.2, 0.25) is 0 Å². The predicted molar refractivity (Wildman–Crippen MR) is 59.9 cm³/mol. The van der Waals surface area contributed by atoms with Crippen LogP contribution in [0.3, 0.4) is 0 Å². The van der Waals surface area contributed by atoms with Crippen molar-refractivity contribution >= 4 is 12.6 Å². The van der Waals surface area contributed by atoms with Gasteiger partial charge in [-0.3, -0.25) is 0 Å². The molecule has 0 heterocycles. The van der Waals surface area contributed by atoms with Gasteiger partial charge >= 0.3 is 0 Å². The highest BCUT2D eigenvalue weighted by Crippen LogP contribution is 2.25. The maximum atomic E-state index is 5.57. The van der Waals surface area contributed by atoms with Crippen LogP contribution in [0.25, 0.3) is 0 Å². The first-order chi connectivity index (χ1) is 6.25. The molecule has 0 bridgehead atoms. The fraction of sp³-hybridized carbons (Fsp3) is 0.455. The summed E-state index contributed by atoms with van der Waals surface area (Å²) in [7, 11) is 0. The summed E-state index contributed by atoms with van der Waals surface area (Å²) >= 11 is 4.11. The molecule has 13 heavy (non-hydrogen) atoms. The van der Waals surface area contributed by atoms with Crippen molar-refractivity contribution in [2.45, 2.75) is 19.8 Å². The van der Waals surface area contributed by atoms with Gasteiger partial charge in [-0.2, -0.15) is 12.6 Å². The molecular weight excluding hydrogens is 180 g/mol. The van der Waals surface area contributed by atoms with Gasteiger partial charge in [-0.05, 0) is 17.5 Å². The third-order valence-corrected chi connectivity index (χ3v) is 2.07. The van der Waals surface area contributed by atoms with Crippen LogP contribution in [-0.4, -0.2) is 12.4 Å². The van der Waals surface area contributed by atoms with Crippen molar-refractivity contribution in [2.24, 2.45) is 0 Å². The van der Waals surface area contributed by atoms with E-state index in [1.54, 1.807) is 0 Å². The molecule has 1 aromatic rings. The Balaban J connectivity index is 2.78. The van der Waals surface area contributed by atoms with Crippen LogP contribution in [-0.2, 0) is 0 Å². The van der Waals surface area contributed by atoms with Crippen LogP contribution in [0.1, 0.15) is 25.3 Å². The van der Waals surface area contributed by atoms with Crippen LogP contribution >= 0.6 is 12.6 Å². The van der Waals surface area contributed by atoms with Crippen LogP contribution in [0.4, 0.5) is 0 Å². The molecule has 0 aliphatic heterocycles. The molecule has 0 saturated heterocycles. The Bertz CT molecular complexity index is 258. The van der Waals surface area contributed by atoms with E-state index in [0.29, 0.717) is 12.5 Å². The Kier molecular flexibility index (Phi) is 4.16. The standard InChI is InChI=1S/C11H16OS/c1-9(2)10-5-3-4-6-11(10)12-7-8-13/h3-6,9,13H,7-8H2,1-2H3. The number of benzene rings is 1. The fourth-order valence-electron chi connectivity index (χ4n) is 1.24. The number of ether oxygens (including phenoxy) is 1. The predicted octanol–water partition coefficient (Wildman–Crippen LogP) is 3.12. The van der Waals surface area contributed by atoms with E-state index >= 15 is 0 Å². The van der Waals surface area contributed by atoms with Gasteiger partial charge in [0, 0.05) is 5.75 Å². The van der Waals surface area contributed by atoms with E-state index < -0.39 is 0 Å². The molecule has 1 nitrogen and oxygen atoms in total. The zero-order valence-corrected chi connectivity index (χ0v) is 9.05. The Hall–Kier alpha value is -0.630. The molecule has 72 valence electrons. The smallest absolute Gasteiger partial charge is 0.122 e. The van der Waals surface area contributed by atoms with Crippen molar-refractivity contribution in [1.29, 1.82) is 0 Å². The highest BCUT2D eigenvalue weighted by molar-refractivity contribution is 7.80. The lowest BCUT2D eigenvalue weighted by Gasteiger charge is -2.12. The molecule has 0 radical (unpaired) electrons. The minimum atomic E-state index is 0.510. The molecule has 2 heteroatoms. The molecule has 0 amide bonds. The molecule has 1 rings (SSSR count). The van der Waals surface area contributed by atoms with E-state index in [1.807, 2.05) is 18.2 Å². The molecule has 0 N–H and O–H groups in total. The van der Waals surface area contributed by atoms with Crippen molar-refractivity contribution in [3.8, 4) is 5.75 Å². The van der Waals surface area contributed by atoms with Gasteiger partial charge in [0.15, 0.2) is 0 Å². The number of hydrogen-bond acceptors (Lipinski definition) is 2. The van der Waals surface area contributed by atoms with Crippen LogP contribution < -0.4 is 4.74 Å². The van der Waals surface area contributed by atoms with E-state index in [-0.39, 0.29) is 0 Å². The lowest BCUT2D eigenvalue weighted by Crippen LogP contribution is -2.01. The third-order valence-electron chi connectivity index (χ3n) is 1.89. The first-order valence-corrected chi connectivity index (χ1v) is 5.21. The van der Waals surface area contributed by atoms with Gasteiger partial charge in [-0.25, -0.2) is 0 Å². The van der Waals surface area contributed by atoms with Crippen molar-refractivity contribution in [1.82, 2.24) is 0 Å². The van der Waals surface area contributed by atoms with Crippen molar-refractivity contribution in [2.75, 3.05) is 12.4 Å². The van der Waals surface area contributed by atoms with Crippen molar-refractivity contribution < 1.29 is 4.74 Å². The second-order valence-electron chi connectivity index (χ2n) is 3.26. The van der Waals surface area contributed by atoms with Gasteiger partial charge in [0.05, 0.1) is 6.61 Å². The molecule has 1 aromatic carbocycles. The van der Waals surface area contributed by atoms with Crippen LogP contribution in [0, 0.1) is 0 Å². The Morgan fingerprint density at radius 1 is 1.31 bits per heavy atom. The summed E-state index contributed by atoms with van der Waals surface area (Å²) < 4.78 is 5.57. The molecular formula is C11H16OS. The zero-order chi connectivity index (χ0) is 9.68. The quantitative estimate of drug-likeness (QED) is 0.728. The van der Waals surface area contributed by atoms with Gasteiger partial charge in [-0.1, -0.05) is 32.0 Å². The maximum absolute atomic E-state index is 5.57. The highest BCUT2D eigenvalue weighted by atomic mass is 32.1. The minimum Gasteiger partial charge on any atom is -0.492 e. The summed E-state index contributed by atoms with van der Waals surface area (Å²) in [6, 6.07) is 8.17. The molecule has 0 aromatic heterocycles. The molecule has 0 aliphatic carbocycles. The lowest BCUT2D eigenvalue weighted by atomic mass is 10.0. The highest BCUT2D eigenvalue weighted by Gasteiger charge is 2.05. The molecule has 0 saturated carbocycles. The SMILES string of the molecule is CC(C)c1ccccc1OCCS. The molecule has 0 aliphatic rings. The maximum Gasteiger partial charge on any atom is 0.122 e. The van der Waals surface area contributed by atoms with Gasteiger partial charge < -0.3 is 4.74 Å². The molecule has 0 spiro atoms. The second-order valence-corrected chi connectivity index (χ2v) is 3.71. The van der Waals surface area contributed by atoms with Gasteiger partial charge in [-0.15, -0.1) is 0 Å². The number of para-hydroxylation sites is 1. The number of hydrogen-bond donors (Lipinski definition) is 1. The average Bonchev–Trinajstić information content (AvgIpc) is 2.15. The fourth-order valence-corrected chi connectivity index (χ4v) is 1.34. The van der Waals surface area contributed by atoms with E-state index in [2.05, 4.69) is 32.5 Å². The number of thiol groups is 1. The van der Waals surface area contributed by atoms with Crippen LogP contribution in [0.2, 0.25) is 0 Å². The zero-order valence-electron chi connectivity index (χ0n) is 8.16. The largest absolute Gasteiger partial charge is 0.492 e. The van der Waals surface area contributed by atoms with E-state index in [4.69, 9.17) is 4.74 Å². The van der Waals surface area contributed by atoms with E-state index in [9.17, 15) is 0 Å². The Labute approximate surface area is 85.5 Å². The second kappa shape index (κ2) is 5.18. The average molecular weight is 196 g/mol. The Morgan fingerprint density at radius 3 is 2.62 bits per heavy atom. The Morgan fingerprint density at radius 2 is 2.00 bits per heavy atom. The van der Waals surface area contributed by atoms with E-state index in [1.165, 1.54) is 5.56 Å².